The van der Waals surface area contributed by atoms with Crippen molar-refractivity contribution < 1.29 is 14.7 Å². The van der Waals surface area contributed by atoms with E-state index >= 15 is 0 Å². The standard InChI is InChI=1S/C22H26N2O4/c1-16-5-2-6-18(13-16)15-24-12-4-8-19(22(24)28)21(27)23-11-3-7-17(14-23)9-10-20(25)26/h2,4-6,8,12-13,17H,3,7,9-11,14-15H2,1H3,(H,25,26)/t17-/m0/s1. The lowest BCUT2D eigenvalue weighted by atomic mass is 9.93. The van der Waals surface area contributed by atoms with Crippen molar-refractivity contribution in [3.63, 3.8) is 0 Å². The molecule has 1 aliphatic rings. The highest BCUT2D eigenvalue weighted by atomic mass is 16.4. The van der Waals surface area contributed by atoms with Crippen LogP contribution in [0.5, 0.6) is 0 Å². The SMILES string of the molecule is Cc1cccc(Cn2cccc(C(=O)N3CCC[C@@H](CCC(=O)O)C3)c2=O)c1. The van der Waals surface area contributed by atoms with Gasteiger partial charge >= 0.3 is 5.97 Å². The molecular weight excluding hydrogens is 356 g/mol. The zero-order valence-corrected chi connectivity index (χ0v) is 16.1. The third kappa shape index (κ3) is 4.88. The molecule has 0 spiro atoms. The Morgan fingerprint density at radius 1 is 1.21 bits per heavy atom. The molecule has 6 nitrogen and oxygen atoms in total. The number of rotatable bonds is 6. The highest BCUT2D eigenvalue weighted by molar-refractivity contribution is 5.93. The Balaban J connectivity index is 1.75. The number of aliphatic carboxylic acids is 1. The minimum Gasteiger partial charge on any atom is -0.481 e. The fourth-order valence-electron chi connectivity index (χ4n) is 3.81. The van der Waals surface area contributed by atoms with Crippen molar-refractivity contribution in [2.24, 2.45) is 5.92 Å². The van der Waals surface area contributed by atoms with Gasteiger partial charge in [-0.3, -0.25) is 14.4 Å². The van der Waals surface area contributed by atoms with Crippen LogP contribution in [0.25, 0.3) is 0 Å². The van der Waals surface area contributed by atoms with Crippen molar-refractivity contribution in [3.8, 4) is 0 Å². The first-order chi connectivity index (χ1) is 13.4. The molecule has 1 aromatic carbocycles. The van der Waals surface area contributed by atoms with Gasteiger partial charge in [-0.1, -0.05) is 29.8 Å². The quantitative estimate of drug-likeness (QED) is 0.833. The van der Waals surface area contributed by atoms with Crippen LogP contribution in [0.1, 0.15) is 47.2 Å². The lowest BCUT2D eigenvalue weighted by Gasteiger charge is -2.32. The Morgan fingerprint density at radius 2 is 2.04 bits per heavy atom. The number of hydrogen-bond donors (Lipinski definition) is 1. The maximum Gasteiger partial charge on any atom is 0.303 e. The van der Waals surface area contributed by atoms with E-state index in [1.165, 1.54) is 0 Å². The molecule has 3 rings (SSSR count). The van der Waals surface area contributed by atoms with Gasteiger partial charge in [0.15, 0.2) is 0 Å². The number of carbonyl (C=O) groups excluding carboxylic acids is 1. The molecule has 1 fully saturated rings. The van der Waals surface area contributed by atoms with E-state index in [1.54, 1.807) is 27.8 Å². The van der Waals surface area contributed by atoms with Crippen LogP contribution in [0, 0.1) is 12.8 Å². The molecule has 1 atom stereocenters. The van der Waals surface area contributed by atoms with Gasteiger partial charge in [-0.15, -0.1) is 0 Å². The molecule has 148 valence electrons. The van der Waals surface area contributed by atoms with E-state index < -0.39 is 5.97 Å². The van der Waals surface area contributed by atoms with E-state index in [0.717, 1.165) is 24.0 Å². The molecule has 2 heterocycles. The zero-order valence-electron chi connectivity index (χ0n) is 16.1. The van der Waals surface area contributed by atoms with E-state index in [2.05, 4.69) is 0 Å². The molecule has 28 heavy (non-hydrogen) atoms. The Labute approximate surface area is 164 Å². The highest BCUT2D eigenvalue weighted by Gasteiger charge is 2.26. The average molecular weight is 382 g/mol. The largest absolute Gasteiger partial charge is 0.481 e. The third-order valence-corrected chi connectivity index (χ3v) is 5.26. The predicted octanol–water partition coefficient (Wildman–Crippen LogP) is 2.92. The Bertz CT molecular complexity index is 919. The molecule has 6 heteroatoms. The summed E-state index contributed by atoms with van der Waals surface area (Å²) in [6.07, 6.45) is 4.13. The molecule has 0 radical (unpaired) electrons. The van der Waals surface area contributed by atoms with E-state index in [0.29, 0.717) is 26.1 Å². The van der Waals surface area contributed by atoms with E-state index in [1.807, 2.05) is 31.2 Å². The molecule has 1 aliphatic heterocycles. The summed E-state index contributed by atoms with van der Waals surface area (Å²) in [6.45, 7) is 3.54. The molecule has 1 N–H and O–H groups in total. The summed E-state index contributed by atoms with van der Waals surface area (Å²) in [5, 5.41) is 8.88. The van der Waals surface area contributed by atoms with E-state index in [-0.39, 0.29) is 29.4 Å². The minimum absolute atomic E-state index is 0.112. The number of carbonyl (C=O) groups is 2. The smallest absolute Gasteiger partial charge is 0.303 e. The van der Waals surface area contributed by atoms with Gasteiger partial charge in [-0.2, -0.15) is 0 Å². The number of amides is 1. The lowest BCUT2D eigenvalue weighted by molar-refractivity contribution is -0.137. The summed E-state index contributed by atoms with van der Waals surface area (Å²) < 4.78 is 1.56. The van der Waals surface area contributed by atoms with Crippen LogP contribution < -0.4 is 5.56 Å². The first-order valence-electron chi connectivity index (χ1n) is 9.70. The fraction of sp³-hybridized carbons (Fsp3) is 0.409. The second kappa shape index (κ2) is 8.87. The van der Waals surface area contributed by atoms with Crippen LogP contribution in [0.4, 0.5) is 0 Å². The molecule has 0 unspecified atom stereocenters. The predicted molar refractivity (Wildman–Crippen MR) is 106 cm³/mol. The number of piperidine rings is 1. The number of aryl methyl sites for hydroxylation is 1. The van der Waals surface area contributed by atoms with Gasteiger partial charge in [-0.25, -0.2) is 0 Å². The highest BCUT2D eigenvalue weighted by Crippen LogP contribution is 2.22. The zero-order chi connectivity index (χ0) is 20.1. The number of likely N-dealkylation sites (tertiary alicyclic amines) is 1. The van der Waals surface area contributed by atoms with Crippen molar-refractivity contribution in [1.29, 1.82) is 0 Å². The van der Waals surface area contributed by atoms with Crippen molar-refractivity contribution in [2.75, 3.05) is 13.1 Å². The first kappa shape index (κ1) is 19.9. The van der Waals surface area contributed by atoms with Gasteiger partial charge in [0.2, 0.25) is 0 Å². The molecule has 0 saturated carbocycles. The van der Waals surface area contributed by atoms with E-state index in [9.17, 15) is 14.4 Å². The van der Waals surface area contributed by atoms with Gasteiger partial charge in [-0.05, 0) is 49.8 Å². The second-order valence-electron chi connectivity index (χ2n) is 7.54. The average Bonchev–Trinajstić information content (AvgIpc) is 2.68. The number of aromatic nitrogens is 1. The molecule has 1 saturated heterocycles. The van der Waals surface area contributed by atoms with Crippen molar-refractivity contribution >= 4 is 11.9 Å². The molecule has 1 amide bonds. The topological polar surface area (TPSA) is 79.6 Å². The Morgan fingerprint density at radius 3 is 2.79 bits per heavy atom. The second-order valence-corrected chi connectivity index (χ2v) is 7.54. The summed E-state index contributed by atoms with van der Waals surface area (Å²) in [5.41, 5.74) is 2.02. The van der Waals surface area contributed by atoms with E-state index in [4.69, 9.17) is 5.11 Å². The first-order valence-corrected chi connectivity index (χ1v) is 9.70. The number of pyridine rings is 1. The number of benzene rings is 1. The molecule has 2 aromatic rings. The monoisotopic (exact) mass is 382 g/mol. The van der Waals surface area contributed by atoms with Crippen LogP contribution in [0.2, 0.25) is 0 Å². The van der Waals surface area contributed by atoms with Gasteiger partial charge in [0.1, 0.15) is 5.56 Å². The van der Waals surface area contributed by atoms with Crippen LogP contribution >= 0.6 is 0 Å². The van der Waals surface area contributed by atoms with Crippen LogP contribution in [-0.2, 0) is 11.3 Å². The maximum atomic E-state index is 13.0. The van der Waals surface area contributed by atoms with Gasteiger partial charge in [0, 0.05) is 25.7 Å². The number of hydrogen-bond acceptors (Lipinski definition) is 3. The Hall–Kier alpha value is -2.89. The van der Waals surface area contributed by atoms with Crippen LogP contribution in [0.3, 0.4) is 0 Å². The number of carboxylic acids is 1. The van der Waals surface area contributed by atoms with Crippen LogP contribution in [-0.4, -0.2) is 39.5 Å². The van der Waals surface area contributed by atoms with Gasteiger partial charge in [0.05, 0.1) is 6.54 Å². The van der Waals surface area contributed by atoms with Gasteiger partial charge in [0.25, 0.3) is 11.5 Å². The minimum atomic E-state index is -0.814. The fourth-order valence-corrected chi connectivity index (χ4v) is 3.81. The van der Waals surface area contributed by atoms with Gasteiger partial charge < -0.3 is 14.6 Å². The summed E-state index contributed by atoms with van der Waals surface area (Å²) in [4.78, 5) is 38.3. The Kier molecular flexibility index (Phi) is 6.29. The summed E-state index contributed by atoms with van der Waals surface area (Å²) >= 11 is 0. The molecular formula is C22H26N2O4. The van der Waals surface area contributed by atoms with Crippen LogP contribution in [0.15, 0.2) is 47.4 Å². The summed E-state index contributed by atoms with van der Waals surface area (Å²) in [7, 11) is 0. The number of carboxylic acid groups (broad SMARTS) is 1. The molecule has 0 bridgehead atoms. The summed E-state index contributed by atoms with van der Waals surface area (Å²) in [6, 6.07) is 11.3. The normalized spacial score (nSPS) is 16.8. The van der Waals surface area contributed by atoms with Crippen molar-refractivity contribution in [3.05, 3.63) is 69.6 Å². The summed E-state index contributed by atoms with van der Waals surface area (Å²) in [5.74, 6) is -0.902. The lowest BCUT2D eigenvalue weighted by Crippen LogP contribution is -2.42. The maximum absolute atomic E-state index is 13.0. The van der Waals surface area contributed by atoms with Crippen molar-refractivity contribution in [2.45, 2.75) is 39.2 Å². The van der Waals surface area contributed by atoms with Crippen molar-refractivity contribution in [1.82, 2.24) is 9.47 Å². The molecule has 0 aliphatic carbocycles. The number of nitrogens with zero attached hydrogens (tertiary/aromatic N) is 2. The third-order valence-electron chi connectivity index (χ3n) is 5.26. The molecule has 1 aromatic heterocycles.